The lowest BCUT2D eigenvalue weighted by Crippen LogP contribution is -2.53. The van der Waals surface area contributed by atoms with Gasteiger partial charge in [0, 0.05) is 74.5 Å². The van der Waals surface area contributed by atoms with Crippen LogP contribution in [0.2, 0.25) is 6.43 Å². The fraction of sp³-hybridized carbons (Fsp3) is 0.415. The number of ether oxygens (including phenoxy) is 1. The number of halogens is 1. The highest BCUT2D eigenvalue weighted by Gasteiger charge is 2.29. The molecule has 3 N–H and O–H groups in total. The molecule has 4 aromatic rings. The van der Waals surface area contributed by atoms with Crippen LogP contribution >= 0.6 is 18.7 Å². The molecule has 4 heterocycles. The summed E-state index contributed by atoms with van der Waals surface area (Å²) >= 11 is 6.47. The van der Waals surface area contributed by atoms with Crippen molar-refractivity contribution in [3.8, 4) is 5.75 Å². The third-order valence-electron chi connectivity index (χ3n) is 11.0. The van der Waals surface area contributed by atoms with E-state index in [4.69, 9.17) is 17.7 Å². The third kappa shape index (κ3) is 9.49. The van der Waals surface area contributed by atoms with Crippen LogP contribution in [0.4, 0.5) is 28.8 Å². The highest BCUT2D eigenvalue weighted by molar-refractivity contribution is 7.91. The van der Waals surface area contributed by atoms with Gasteiger partial charge in [0.15, 0.2) is 23.0 Å². The summed E-state index contributed by atoms with van der Waals surface area (Å²) in [5, 5.41) is 8.57. The van der Waals surface area contributed by atoms with E-state index >= 15 is 0 Å². The smallest absolute Gasteiger partial charge is 0.229 e. The number of aromatic nitrogens is 2. The van der Waals surface area contributed by atoms with E-state index in [1.807, 2.05) is 36.4 Å². The normalized spacial score (nSPS) is 17.3. The van der Waals surface area contributed by atoms with Crippen molar-refractivity contribution >= 4 is 74.4 Å². The second-order valence-electron chi connectivity index (χ2n) is 15.1. The van der Waals surface area contributed by atoms with Crippen LogP contribution in [-0.4, -0.2) is 112 Å². The number of benzene rings is 3. The monoisotopic (exact) mass is 833 g/mol. The van der Waals surface area contributed by atoms with Gasteiger partial charge in [0.05, 0.1) is 35.3 Å². The topological polar surface area (TPSA) is 149 Å². The number of piperidine rings is 1. The zero-order valence-electron chi connectivity index (χ0n) is 33.6. The van der Waals surface area contributed by atoms with Gasteiger partial charge in [0.25, 0.3) is 0 Å². The first kappa shape index (κ1) is 39.4. The van der Waals surface area contributed by atoms with Crippen molar-refractivity contribution in [1.29, 1.82) is 0 Å². The number of hydrogen-bond acceptors (Lipinski definition) is 13. The van der Waals surface area contributed by atoms with Gasteiger partial charge >= 0.3 is 0 Å². The number of para-hydroxylation sites is 1. The molecule has 2 fully saturated rings. The summed E-state index contributed by atoms with van der Waals surface area (Å²) in [6.07, 6.45) is 5.00. The van der Waals surface area contributed by atoms with Crippen LogP contribution in [0.25, 0.3) is 5.70 Å². The number of nitrogens with one attached hydrogen (secondary N) is 3. The van der Waals surface area contributed by atoms with E-state index < -0.39 is 17.0 Å². The molecule has 2 saturated heterocycles. The first-order valence-corrected chi connectivity index (χ1v) is 23.9. The van der Waals surface area contributed by atoms with Crippen molar-refractivity contribution in [2.45, 2.75) is 43.2 Å². The molecule has 16 heteroatoms. The fourth-order valence-corrected chi connectivity index (χ4v) is 10.9. The average Bonchev–Trinajstić information content (AvgIpc) is 3.55. The molecular weight excluding hydrogens is 783 g/mol. The molecule has 1 aromatic heterocycles. The van der Waals surface area contributed by atoms with Crippen molar-refractivity contribution in [2.24, 2.45) is 0 Å². The van der Waals surface area contributed by atoms with E-state index in [0.29, 0.717) is 62.8 Å². The Hall–Kier alpha value is -4.42. The number of anilines is 5. The van der Waals surface area contributed by atoms with Gasteiger partial charge in [-0.05, 0) is 81.5 Å². The van der Waals surface area contributed by atoms with Crippen molar-refractivity contribution in [3.63, 3.8) is 0 Å². The second kappa shape index (κ2) is 17.6. The first-order chi connectivity index (χ1) is 27.8. The highest BCUT2D eigenvalue weighted by Crippen LogP contribution is 2.39. The number of carbonyl (C=O) groups excluding carboxylic acids is 1. The summed E-state index contributed by atoms with van der Waals surface area (Å²) in [5.74, 6) is 3.21. The minimum absolute atomic E-state index is 0.0428. The maximum absolute atomic E-state index is 13.3. The van der Waals surface area contributed by atoms with Crippen molar-refractivity contribution in [1.82, 2.24) is 25.1 Å². The maximum Gasteiger partial charge on any atom is 0.229 e. The minimum atomic E-state index is -3.54. The number of piperazine rings is 1. The Kier molecular flexibility index (Phi) is 12.2. The summed E-state index contributed by atoms with van der Waals surface area (Å²) in [6, 6.07) is 18.9. The van der Waals surface area contributed by atoms with Gasteiger partial charge in [0.1, 0.15) is 23.6 Å². The Morgan fingerprint density at radius 2 is 1.77 bits per heavy atom. The lowest BCUT2D eigenvalue weighted by atomic mass is 10.0. The Morgan fingerprint density at radius 1 is 1.00 bits per heavy atom. The highest BCUT2D eigenvalue weighted by atomic mass is 35.5. The Bertz CT molecular complexity index is 2340. The lowest BCUT2D eigenvalue weighted by Gasteiger charge is -2.43. The van der Waals surface area contributed by atoms with Crippen molar-refractivity contribution < 1.29 is 23.9 Å². The summed E-state index contributed by atoms with van der Waals surface area (Å²) in [6.45, 7) is 10.2. The van der Waals surface area contributed by atoms with Crippen LogP contribution in [0.15, 0.2) is 71.8 Å². The predicted molar refractivity (Wildman–Crippen MR) is 229 cm³/mol. The molecule has 13 nitrogen and oxygen atoms in total. The standard InChI is InChI=1S/C41H50ClN8O5PS/c1-55-37-25-30(13-14-34(37)46-41-44-27-33(42)40(47-41)45-35-10-4-5-11-38(35)56(2,3)52)49-18-15-29(16-19-49)50-22-20-48(21-23-50)17-6-7-24-57(53,54)39-12-8-9-31-32(39)26-43-36(31)28-51/h4-5,8-14,25,27,29,43H,6-7,15-24,26H2,1-3H3,(H2,44,45,46,47)/i/hD. The molecule has 0 aliphatic carbocycles. The van der Waals surface area contributed by atoms with Crippen LogP contribution in [0.1, 0.15) is 36.8 Å². The molecule has 302 valence electrons. The molecule has 7 rings (SSSR count). The molecule has 0 amide bonds. The van der Waals surface area contributed by atoms with Gasteiger partial charge in [-0.25, -0.2) is 18.2 Å². The number of methoxy groups -OCH3 is 1. The zero-order valence-corrected chi connectivity index (χ0v) is 35.0. The van der Waals surface area contributed by atoms with Crippen molar-refractivity contribution in [3.05, 3.63) is 83.0 Å². The van der Waals surface area contributed by atoms with Crippen LogP contribution in [0, 0.1) is 0 Å². The molecule has 0 radical (unpaired) electrons. The Labute approximate surface area is 341 Å². The molecule has 0 atom stereocenters. The SMILES string of the molecule is [2H]N1Cc2c(cccc2S(=O)(=O)CCCCN2CCN(C3CCN(c4ccc(Nc5ncc(Cl)c(Nc6ccccc6P(C)(C)=O)n5)c(OC)c4)CC3)CC2)C1=C=O. The molecule has 0 bridgehead atoms. The van der Waals surface area contributed by atoms with E-state index in [2.05, 4.69) is 41.4 Å². The van der Waals surface area contributed by atoms with E-state index in [1.165, 1.54) is 6.20 Å². The van der Waals surface area contributed by atoms with Crippen molar-refractivity contribution in [2.75, 3.05) is 87.5 Å². The van der Waals surface area contributed by atoms with E-state index in [9.17, 15) is 17.8 Å². The maximum atomic E-state index is 13.3. The second-order valence-corrected chi connectivity index (χ2v) is 20.7. The summed E-state index contributed by atoms with van der Waals surface area (Å²) in [7, 11) is -4.45. The fourth-order valence-electron chi connectivity index (χ4n) is 7.94. The largest absolute Gasteiger partial charge is 0.494 e. The molecule has 0 unspecified atom stereocenters. The van der Waals surface area contributed by atoms with Gasteiger partial charge in [-0.15, -0.1) is 0 Å². The molecular formula is C41H50ClN8O5PS. The van der Waals surface area contributed by atoms with Crippen LogP contribution in [0.3, 0.4) is 0 Å². The van der Waals surface area contributed by atoms with E-state index in [-0.39, 0.29) is 22.9 Å². The van der Waals surface area contributed by atoms with Gasteiger partial charge in [-0.1, -0.05) is 35.9 Å². The Morgan fingerprint density at radius 3 is 2.51 bits per heavy atom. The van der Waals surface area contributed by atoms with E-state index in [0.717, 1.165) is 76.1 Å². The number of fused-ring (bicyclic) bond motifs is 1. The van der Waals surface area contributed by atoms with Gasteiger partial charge < -0.3 is 35.0 Å². The van der Waals surface area contributed by atoms with Crippen LogP contribution in [0.5, 0.6) is 5.75 Å². The average molecular weight is 834 g/mol. The number of nitrogens with zero attached hydrogens (tertiary/aromatic N) is 5. The summed E-state index contributed by atoms with van der Waals surface area (Å²) < 4.78 is 53.2. The van der Waals surface area contributed by atoms with Gasteiger partial charge in [-0.3, -0.25) is 4.90 Å². The number of sulfone groups is 1. The molecule has 0 saturated carbocycles. The molecule has 0 spiro atoms. The molecule has 57 heavy (non-hydrogen) atoms. The van der Waals surface area contributed by atoms with Crippen LogP contribution in [-0.2, 0) is 25.7 Å². The minimum Gasteiger partial charge on any atom is -0.494 e. The molecule has 3 aliphatic heterocycles. The Balaban J connectivity index is 0.869. The first-order valence-electron chi connectivity index (χ1n) is 19.8. The molecule has 3 aliphatic rings. The van der Waals surface area contributed by atoms with Gasteiger partial charge in [0.2, 0.25) is 5.95 Å². The van der Waals surface area contributed by atoms with E-state index in [1.54, 1.807) is 44.6 Å². The molecule has 3 aromatic carbocycles. The quantitative estimate of drug-likeness (QED) is 0.0777. The number of hydrogen-bond donors (Lipinski definition) is 3. The van der Waals surface area contributed by atoms with Crippen LogP contribution < -0.4 is 30.9 Å². The number of unbranched alkanes of at least 4 members (excludes halogenated alkanes) is 1. The van der Waals surface area contributed by atoms with Gasteiger partial charge in [-0.2, -0.15) is 4.98 Å². The lowest BCUT2D eigenvalue weighted by molar-refractivity contribution is 0.0842. The third-order valence-corrected chi connectivity index (χ3v) is 14.7. The summed E-state index contributed by atoms with van der Waals surface area (Å²) in [5.41, 5.74) is 3.57. The summed E-state index contributed by atoms with van der Waals surface area (Å²) in [4.78, 5) is 28.0. The zero-order chi connectivity index (χ0) is 41.0. The predicted octanol–water partition coefficient (Wildman–Crippen LogP) is 5.99. The number of rotatable bonds is 14.